The first-order valence-corrected chi connectivity index (χ1v) is 11.6. The number of fused-ring (bicyclic) bond motifs is 1. The summed E-state index contributed by atoms with van der Waals surface area (Å²) >= 11 is 0. The highest BCUT2D eigenvalue weighted by Gasteiger charge is 2.30. The number of benzene rings is 4. The number of para-hydroxylation sites is 1. The normalized spacial score (nSPS) is 11.0. The fourth-order valence-corrected chi connectivity index (χ4v) is 4.74. The molecule has 0 saturated heterocycles. The van der Waals surface area contributed by atoms with E-state index in [4.69, 9.17) is 5.10 Å². The predicted molar refractivity (Wildman–Crippen MR) is 142 cm³/mol. The monoisotopic (exact) mass is 467 g/mol. The van der Waals surface area contributed by atoms with Crippen LogP contribution in [0.1, 0.15) is 10.5 Å². The SMILES string of the molecule is O=C(O)c1c2c(-c3ccccc3)nnc(-c3ccccc3)c2c(-c2ccccc2)n1-c1ccccc1. The van der Waals surface area contributed by atoms with Gasteiger partial charge in [-0.05, 0) is 17.7 Å². The lowest BCUT2D eigenvalue weighted by atomic mass is 9.98. The van der Waals surface area contributed by atoms with E-state index in [2.05, 4.69) is 5.10 Å². The first-order chi connectivity index (χ1) is 17.7. The van der Waals surface area contributed by atoms with E-state index in [1.807, 2.05) is 126 Å². The van der Waals surface area contributed by atoms with Crippen LogP contribution >= 0.6 is 0 Å². The highest BCUT2D eigenvalue weighted by Crippen LogP contribution is 2.44. The lowest BCUT2D eigenvalue weighted by Crippen LogP contribution is -2.08. The van der Waals surface area contributed by atoms with Crippen LogP contribution in [-0.4, -0.2) is 25.8 Å². The second kappa shape index (κ2) is 8.96. The summed E-state index contributed by atoms with van der Waals surface area (Å²) < 4.78 is 1.82. The zero-order valence-electron chi connectivity index (χ0n) is 19.2. The number of nitrogens with zero attached hydrogens (tertiary/aromatic N) is 3. The quantitative estimate of drug-likeness (QED) is 0.293. The van der Waals surface area contributed by atoms with Gasteiger partial charge in [-0.2, -0.15) is 0 Å². The molecule has 0 aliphatic carbocycles. The molecule has 1 N–H and O–H groups in total. The van der Waals surface area contributed by atoms with E-state index < -0.39 is 5.97 Å². The van der Waals surface area contributed by atoms with Gasteiger partial charge in [0.25, 0.3) is 0 Å². The molecule has 0 spiro atoms. The van der Waals surface area contributed by atoms with Gasteiger partial charge in [-0.3, -0.25) is 0 Å². The molecule has 0 bridgehead atoms. The third-order valence-corrected chi connectivity index (χ3v) is 6.25. The maximum absolute atomic E-state index is 13.0. The lowest BCUT2D eigenvalue weighted by Gasteiger charge is -2.13. The summed E-state index contributed by atoms with van der Waals surface area (Å²) in [6.45, 7) is 0. The molecule has 5 heteroatoms. The van der Waals surface area contributed by atoms with Crippen molar-refractivity contribution in [1.82, 2.24) is 14.8 Å². The Hall–Kier alpha value is -5.03. The average Bonchev–Trinajstić information content (AvgIpc) is 3.31. The van der Waals surface area contributed by atoms with Gasteiger partial charge < -0.3 is 9.67 Å². The Morgan fingerprint density at radius 2 is 0.972 bits per heavy atom. The van der Waals surface area contributed by atoms with Gasteiger partial charge in [-0.25, -0.2) is 4.79 Å². The summed E-state index contributed by atoms with van der Waals surface area (Å²) in [5, 5.41) is 21.3. The van der Waals surface area contributed by atoms with Crippen molar-refractivity contribution in [2.24, 2.45) is 0 Å². The number of rotatable bonds is 5. The van der Waals surface area contributed by atoms with Gasteiger partial charge in [0.2, 0.25) is 0 Å². The fraction of sp³-hybridized carbons (Fsp3) is 0. The molecule has 0 saturated carbocycles. The van der Waals surface area contributed by atoms with Gasteiger partial charge >= 0.3 is 5.97 Å². The molecule has 6 aromatic rings. The third-order valence-electron chi connectivity index (χ3n) is 6.25. The molecule has 0 amide bonds. The number of aromatic nitrogens is 3. The minimum atomic E-state index is -1.03. The Labute approximate surface area is 207 Å². The van der Waals surface area contributed by atoms with Crippen molar-refractivity contribution in [3.63, 3.8) is 0 Å². The summed E-state index contributed by atoms with van der Waals surface area (Å²) in [6, 6.07) is 38.8. The Kier molecular flexibility index (Phi) is 5.35. The first-order valence-electron chi connectivity index (χ1n) is 11.6. The van der Waals surface area contributed by atoms with E-state index in [9.17, 15) is 9.90 Å². The Morgan fingerprint density at radius 1 is 0.556 bits per heavy atom. The Morgan fingerprint density at radius 3 is 1.44 bits per heavy atom. The van der Waals surface area contributed by atoms with Crippen molar-refractivity contribution in [3.05, 3.63) is 127 Å². The molecule has 0 fully saturated rings. The topological polar surface area (TPSA) is 68.0 Å². The van der Waals surface area contributed by atoms with E-state index in [0.717, 1.165) is 33.5 Å². The van der Waals surface area contributed by atoms with Crippen LogP contribution in [0, 0.1) is 0 Å². The minimum absolute atomic E-state index is 0.154. The molecule has 0 aliphatic heterocycles. The lowest BCUT2D eigenvalue weighted by molar-refractivity contribution is 0.0690. The fourth-order valence-electron chi connectivity index (χ4n) is 4.74. The highest BCUT2D eigenvalue weighted by atomic mass is 16.4. The van der Waals surface area contributed by atoms with Gasteiger partial charge in [-0.15, -0.1) is 10.2 Å². The number of carbonyl (C=O) groups is 1. The minimum Gasteiger partial charge on any atom is -0.477 e. The highest BCUT2D eigenvalue weighted by molar-refractivity contribution is 6.18. The first kappa shape index (κ1) is 21.5. The van der Waals surface area contributed by atoms with Gasteiger partial charge in [0.15, 0.2) is 0 Å². The van der Waals surface area contributed by atoms with Crippen molar-refractivity contribution in [2.75, 3.05) is 0 Å². The predicted octanol–water partition coefficient (Wildman–Crippen LogP) is 7.12. The molecule has 4 aromatic carbocycles. The molecule has 0 radical (unpaired) electrons. The standard InChI is InChI=1S/C31H21N3O2/c35-31(36)30-26-25(29(23-17-9-3-10-18-23)34(30)24-19-11-4-12-20-24)27(21-13-5-1-6-14-21)32-33-28(26)22-15-7-2-8-16-22/h1-20H,(H,35,36). The Bertz CT molecular complexity index is 1680. The molecule has 2 heterocycles. The van der Waals surface area contributed by atoms with Gasteiger partial charge in [0.1, 0.15) is 17.1 Å². The number of aromatic carboxylic acids is 1. The summed E-state index contributed by atoms with van der Waals surface area (Å²) in [6.07, 6.45) is 0. The van der Waals surface area contributed by atoms with E-state index >= 15 is 0 Å². The van der Waals surface area contributed by atoms with Crippen LogP contribution in [0.4, 0.5) is 0 Å². The molecule has 6 rings (SSSR count). The molecule has 0 unspecified atom stereocenters. The van der Waals surface area contributed by atoms with Crippen LogP contribution in [0.3, 0.4) is 0 Å². The van der Waals surface area contributed by atoms with E-state index in [1.54, 1.807) is 0 Å². The smallest absolute Gasteiger partial charge is 0.353 e. The van der Waals surface area contributed by atoms with Crippen LogP contribution in [0.25, 0.3) is 50.2 Å². The zero-order valence-corrected chi connectivity index (χ0v) is 19.2. The summed E-state index contributed by atoms with van der Waals surface area (Å²) in [5.74, 6) is -1.03. The summed E-state index contributed by atoms with van der Waals surface area (Å²) in [5.41, 5.74) is 5.42. The van der Waals surface area contributed by atoms with Crippen molar-refractivity contribution in [3.8, 4) is 39.5 Å². The van der Waals surface area contributed by atoms with E-state index in [-0.39, 0.29) is 5.69 Å². The number of carboxylic acids is 1. The third kappa shape index (κ3) is 3.54. The molecular formula is C31H21N3O2. The van der Waals surface area contributed by atoms with Crippen LogP contribution in [0.5, 0.6) is 0 Å². The summed E-state index contributed by atoms with van der Waals surface area (Å²) in [4.78, 5) is 13.0. The second-order valence-electron chi connectivity index (χ2n) is 8.42. The van der Waals surface area contributed by atoms with Gasteiger partial charge in [-0.1, -0.05) is 109 Å². The van der Waals surface area contributed by atoms with Crippen molar-refractivity contribution in [2.45, 2.75) is 0 Å². The van der Waals surface area contributed by atoms with Crippen molar-refractivity contribution < 1.29 is 9.90 Å². The molecule has 36 heavy (non-hydrogen) atoms. The van der Waals surface area contributed by atoms with Crippen LogP contribution < -0.4 is 0 Å². The van der Waals surface area contributed by atoms with Gasteiger partial charge in [0.05, 0.1) is 5.69 Å². The maximum Gasteiger partial charge on any atom is 0.353 e. The molecule has 5 nitrogen and oxygen atoms in total. The zero-order chi connectivity index (χ0) is 24.5. The largest absolute Gasteiger partial charge is 0.477 e. The number of carboxylic acid groups (broad SMARTS) is 1. The maximum atomic E-state index is 13.0. The average molecular weight is 468 g/mol. The Balaban J connectivity index is 1.88. The molecule has 172 valence electrons. The van der Waals surface area contributed by atoms with E-state index in [1.165, 1.54) is 0 Å². The van der Waals surface area contributed by atoms with Crippen LogP contribution in [0.2, 0.25) is 0 Å². The van der Waals surface area contributed by atoms with Gasteiger partial charge in [0, 0.05) is 27.6 Å². The summed E-state index contributed by atoms with van der Waals surface area (Å²) in [7, 11) is 0. The molecule has 2 aromatic heterocycles. The number of hydrogen-bond acceptors (Lipinski definition) is 3. The molecule has 0 aliphatic rings. The van der Waals surface area contributed by atoms with Crippen molar-refractivity contribution >= 4 is 16.7 Å². The van der Waals surface area contributed by atoms with Crippen LogP contribution in [0.15, 0.2) is 121 Å². The van der Waals surface area contributed by atoms with Crippen molar-refractivity contribution in [1.29, 1.82) is 0 Å². The van der Waals surface area contributed by atoms with Crippen LogP contribution in [-0.2, 0) is 0 Å². The molecular weight excluding hydrogens is 446 g/mol. The number of hydrogen-bond donors (Lipinski definition) is 1. The molecule has 0 atom stereocenters. The second-order valence-corrected chi connectivity index (χ2v) is 8.42. The van der Waals surface area contributed by atoms with E-state index in [0.29, 0.717) is 16.8 Å².